The van der Waals surface area contributed by atoms with Gasteiger partial charge in [0, 0.05) is 31.1 Å². The third-order valence-corrected chi connectivity index (χ3v) is 5.34. The summed E-state index contributed by atoms with van der Waals surface area (Å²) in [5, 5.41) is 15.4. The zero-order chi connectivity index (χ0) is 21.3. The number of oxime groups is 1. The molecule has 0 unspecified atom stereocenters. The maximum atomic E-state index is 10.5. The lowest BCUT2D eigenvalue weighted by Crippen LogP contribution is -2.37. The van der Waals surface area contributed by atoms with Crippen LogP contribution >= 0.6 is 11.6 Å². The number of ether oxygens (including phenoxy) is 1. The van der Waals surface area contributed by atoms with Crippen molar-refractivity contribution in [1.82, 2.24) is 4.90 Å². The summed E-state index contributed by atoms with van der Waals surface area (Å²) in [5.74, 6) is 0.824. The van der Waals surface area contributed by atoms with Gasteiger partial charge in [-0.05, 0) is 48.2 Å². The molecular formula is C24H29ClN2O3. The van der Waals surface area contributed by atoms with E-state index in [0.717, 1.165) is 35.4 Å². The largest absolute Gasteiger partial charge is 0.497 e. The molecule has 2 aromatic rings. The highest BCUT2D eigenvalue weighted by Gasteiger charge is 2.25. The fraction of sp³-hybridized carbons (Fsp3) is 0.375. The van der Waals surface area contributed by atoms with E-state index in [-0.39, 0.29) is 6.10 Å². The molecule has 0 saturated heterocycles. The van der Waals surface area contributed by atoms with Crippen LogP contribution in [0.15, 0.2) is 66.3 Å². The van der Waals surface area contributed by atoms with E-state index in [4.69, 9.17) is 21.2 Å². The number of halogens is 1. The summed E-state index contributed by atoms with van der Waals surface area (Å²) in [6.45, 7) is 5.66. The number of methoxy groups -OCH3 is 1. The molecule has 0 amide bonds. The molecule has 0 bridgehead atoms. The third kappa shape index (κ3) is 6.59. The number of hydrogen-bond acceptors (Lipinski definition) is 5. The molecule has 2 atom stereocenters. The van der Waals surface area contributed by atoms with Crippen molar-refractivity contribution in [2.24, 2.45) is 5.16 Å². The van der Waals surface area contributed by atoms with Crippen molar-refractivity contribution in [1.29, 1.82) is 0 Å². The molecule has 0 fully saturated rings. The topological polar surface area (TPSA) is 54.3 Å². The van der Waals surface area contributed by atoms with Crippen LogP contribution in [0.1, 0.15) is 30.4 Å². The Balaban J connectivity index is 1.64. The summed E-state index contributed by atoms with van der Waals surface area (Å²) in [4.78, 5) is 7.93. The van der Waals surface area contributed by atoms with Crippen molar-refractivity contribution in [3.63, 3.8) is 0 Å². The van der Waals surface area contributed by atoms with Gasteiger partial charge in [0.2, 0.25) is 0 Å². The number of allylic oxidation sites excluding steroid dienone is 1. The van der Waals surface area contributed by atoms with Crippen LogP contribution in [0.4, 0.5) is 0 Å². The Kier molecular flexibility index (Phi) is 8.31. The second-order valence-corrected chi connectivity index (χ2v) is 7.98. The van der Waals surface area contributed by atoms with E-state index in [1.54, 1.807) is 7.11 Å². The Hall–Kier alpha value is -2.34. The third-order valence-electron chi connectivity index (χ3n) is 5.09. The van der Waals surface area contributed by atoms with E-state index in [1.807, 2.05) is 48.5 Å². The highest BCUT2D eigenvalue weighted by molar-refractivity contribution is 6.30. The number of rotatable bonds is 11. The van der Waals surface area contributed by atoms with Gasteiger partial charge in [0.05, 0.1) is 18.9 Å². The SMILES string of the molecule is C=CCC[C@H](O)CN(Cc1cccc(OC)c1)C[C@H]1CC(c2ccc(Cl)cc2)=NO1. The molecule has 3 rings (SSSR count). The lowest BCUT2D eigenvalue weighted by molar-refractivity contribution is 0.0308. The molecule has 1 heterocycles. The lowest BCUT2D eigenvalue weighted by atomic mass is 10.0. The highest BCUT2D eigenvalue weighted by Crippen LogP contribution is 2.21. The summed E-state index contributed by atoms with van der Waals surface area (Å²) in [5.41, 5.74) is 3.07. The molecule has 30 heavy (non-hydrogen) atoms. The Morgan fingerprint density at radius 3 is 2.87 bits per heavy atom. The fourth-order valence-corrected chi connectivity index (χ4v) is 3.69. The first-order valence-electron chi connectivity index (χ1n) is 10.2. The zero-order valence-corrected chi connectivity index (χ0v) is 18.1. The second kappa shape index (κ2) is 11.2. The predicted molar refractivity (Wildman–Crippen MR) is 121 cm³/mol. The Morgan fingerprint density at radius 2 is 2.13 bits per heavy atom. The van der Waals surface area contributed by atoms with Crippen LogP contribution in [-0.4, -0.2) is 48.1 Å². The first-order valence-corrected chi connectivity index (χ1v) is 10.6. The van der Waals surface area contributed by atoms with Crippen LogP contribution in [0, 0.1) is 0 Å². The monoisotopic (exact) mass is 428 g/mol. The first-order chi connectivity index (χ1) is 14.6. The summed E-state index contributed by atoms with van der Waals surface area (Å²) in [6.07, 6.45) is 3.55. The normalized spacial score (nSPS) is 16.8. The molecule has 160 valence electrons. The summed E-state index contributed by atoms with van der Waals surface area (Å²) in [6, 6.07) is 15.6. The Labute approximate surface area is 183 Å². The Bertz CT molecular complexity index is 854. The number of aliphatic hydroxyl groups is 1. The van der Waals surface area contributed by atoms with E-state index in [0.29, 0.717) is 31.1 Å². The van der Waals surface area contributed by atoms with Gasteiger partial charge in [-0.25, -0.2) is 0 Å². The number of hydrogen-bond donors (Lipinski definition) is 1. The summed E-state index contributed by atoms with van der Waals surface area (Å²) < 4.78 is 5.34. The van der Waals surface area contributed by atoms with E-state index >= 15 is 0 Å². The van der Waals surface area contributed by atoms with E-state index in [9.17, 15) is 5.11 Å². The van der Waals surface area contributed by atoms with Crippen molar-refractivity contribution in [2.75, 3.05) is 20.2 Å². The van der Waals surface area contributed by atoms with Gasteiger partial charge in [0.1, 0.15) is 11.9 Å². The van der Waals surface area contributed by atoms with Crippen molar-refractivity contribution >= 4 is 17.3 Å². The molecule has 1 N–H and O–H groups in total. The number of benzene rings is 2. The molecular weight excluding hydrogens is 400 g/mol. The smallest absolute Gasteiger partial charge is 0.145 e. The summed E-state index contributed by atoms with van der Waals surface area (Å²) >= 11 is 5.98. The minimum atomic E-state index is -0.424. The molecule has 0 aliphatic carbocycles. The minimum absolute atomic E-state index is 0.0621. The van der Waals surface area contributed by atoms with Crippen LogP contribution < -0.4 is 4.74 Å². The van der Waals surface area contributed by atoms with Gasteiger partial charge in [-0.1, -0.05) is 47.1 Å². The predicted octanol–water partition coefficient (Wildman–Crippen LogP) is 4.67. The van der Waals surface area contributed by atoms with Crippen LogP contribution in [0.3, 0.4) is 0 Å². The molecule has 0 saturated carbocycles. The molecule has 1 aliphatic rings. The first kappa shape index (κ1) is 22.3. The van der Waals surface area contributed by atoms with E-state index < -0.39 is 6.10 Å². The van der Waals surface area contributed by atoms with Gasteiger partial charge < -0.3 is 14.7 Å². The fourth-order valence-electron chi connectivity index (χ4n) is 3.56. The van der Waals surface area contributed by atoms with Crippen LogP contribution in [0.2, 0.25) is 5.02 Å². The van der Waals surface area contributed by atoms with Crippen molar-refractivity contribution < 1.29 is 14.7 Å². The van der Waals surface area contributed by atoms with Gasteiger partial charge in [0.15, 0.2) is 0 Å². The van der Waals surface area contributed by atoms with Crippen molar-refractivity contribution in [3.05, 3.63) is 77.3 Å². The molecule has 1 aliphatic heterocycles. The summed E-state index contributed by atoms with van der Waals surface area (Å²) in [7, 11) is 1.66. The molecule has 0 spiro atoms. The van der Waals surface area contributed by atoms with E-state index in [2.05, 4.69) is 22.7 Å². The maximum absolute atomic E-state index is 10.5. The van der Waals surface area contributed by atoms with Gasteiger partial charge in [0.25, 0.3) is 0 Å². The van der Waals surface area contributed by atoms with Crippen molar-refractivity contribution in [2.45, 2.75) is 38.0 Å². The highest BCUT2D eigenvalue weighted by atomic mass is 35.5. The maximum Gasteiger partial charge on any atom is 0.145 e. The standard InChI is InChI=1S/C24H29ClN2O3/c1-3-4-7-21(28)16-27(15-18-6-5-8-22(13-18)29-2)17-23-14-24(26-30-23)19-9-11-20(25)12-10-19/h3,5-6,8-13,21,23,28H,1,4,7,14-17H2,2H3/t21-,23+/m0/s1. The Morgan fingerprint density at radius 1 is 1.33 bits per heavy atom. The molecule has 0 aromatic heterocycles. The van der Waals surface area contributed by atoms with Crippen LogP contribution in [-0.2, 0) is 11.4 Å². The zero-order valence-electron chi connectivity index (χ0n) is 17.3. The van der Waals surface area contributed by atoms with E-state index in [1.165, 1.54) is 0 Å². The molecule has 2 aromatic carbocycles. The van der Waals surface area contributed by atoms with Crippen molar-refractivity contribution in [3.8, 4) is 5.75 Å². The van der Waals surface area contributed by atoms with Gasteiger partial charge in [-0.3, -0.25) is 4.90 Å². The van der Waals surface area contributed by atoms with Crippen LogP contribution in [0.5, 0.6) is 5.75 Å². The number of nitrogens with zero attached hydrogens (tertiary/aromatic N) is 2. The molecule has 6 heteroatoms. The van der Waals surface area contributed by atoms with Gasteiger partial charge >= 0.3 is 0 Å². The lowest BCUT2D eigenvalue weighted by Gasteiger charge is -2.27. The van der Waals surface area contributed by atoms with Crippen LogP contribution in [0.25, 0.3) is 0 Å². The number of aliphatic hydroxyl groups excluding tert-OH is 1. The minimum Gasteiger partial charge on any atom is -0.497 e. The van der Waals surface area contributed by atoms with Gasteiger partial charge in [-0.2, -0.15) is 0 Å². The molecule has 0 radical (unpaired) electrons. The second-order valence-electron chi connectivity index (χ2n) is 7.54. The van der Waals surface area contributed by atoms with Gasteiger partial charge in [-0.15, -0.1) is 6.58 Å². The average molecular weight is 429 g/mol. The average Bonchev–Trinajstić information content (AvgIpc) is 3.21. The quantitative estimate of drug-likeness (QED) is 0.528. The molecule has 5 nitrogen and oxygen atoms in total.